The van der Waals surface area contributed by atoms with E-state index in [0.717, 1.165) is 0 Å². The van der Waals surface area contributed by atoms with Crippen molar-refractivity contribution in [3.8, 4) is 0 Å². The van der Waals surface area contributed by atoms with E-state index < -0.39 is 12.1 Å². The molecule has 1 aliphatic heterocycles. The van der Waals surface area contributed by atoms with Crippen LogP contribution in [-0.4, -0.2) is 48.6 Å². The number of hydrogen-bond donors (Lipinski definition) is 1. The predicted molar refractivity (Wildman–Crippen MR) is 78.2 cm³/mol. The van der Waals surface area contributed by atoms with Crippen LogP contribution in [0.5, 0.6) is 0 Å². The van der Waals surface area contributed by atoms with Crippen LogP contribution in [0, 0.1) is 11.3 Å². The van der Waals surface area contributed by atoms with Crippen molar-refractivity contribution in [2.24, 2.45) is 11.3 Å². The number of carbonyl (C=O) groups is 2. The van der Waals surface area contributed by atoms with Crippen LogP contribution in [0.25, 0.3) is 0 Å². The van der Waals surface area contributed by atoms with Crippen LogP contribution in [0.4, 0.5) is 0 Å². The number of ether oxygens (including phenoxy) is 1. The first kappa shape index (κ1) is 17.0. The Morgan fingerprint density at radius 2 is 1.90 bits per heavy atom. The summed E-state index contributed by atoms with van der Waals surface area (Å²) in [6.45, 7) is 13.4. The number of piperazine rings is 1. The molecule has 0 bridgehead atoms. The van der Waals surface area contributed by atoms with Gasteiger partial charge < -0.3 is 15.0 Å². The van der Waals surface area contributed by atoms with Gasteiger partial charge in [0.15, 0.2) is 0 Å². The van der Waals surface area contributed by atoms with Crippen LogP contribution in [-0.2, 0) is 14.3 Å². The van der Waals surface area contributed by atoms with Crippen LogP contribution in [0.3, 0.4) is 0 Å². The summed E-state index contributed by atoms with van der Waals surface area (Å²) in [5.74, 6) is 0.362. The maximum absolute atomic E-state index is 12.5. The molecule has 1 rings (SSSR count). The third-order valence-electron chi connectivity index (χ3n) is 3.46. The number of hydrogen-bond acceptors (Lipinski definition) is 3. The molecule has 2 atom stereocenters. The van der Waals surface area contributed by atoms with Gasteiger partial charge in [0.25, 0.3) is 0 Å². The Morgan fingerprint density at radius 1 is 1.30 bits per heavy atom. The minimum Gasteiger partial charge on any atom is -0.379 e. The van der Waals surface area contributed by atoms with Gasteiger partial charge in [-0.2, -0.15) is 0 Å². The van der Waals surface area contributed by atoms with Crippen molar-refractivity contribution in [1.82, 2.24) is 10.2 Å². The third kappa shape index (κ3) is 4.20. The van der Waals surface area contributed by atoms with E-state index in [0.29, 0.717) is 25.7 Å². The molecule has 1 fully saturated rings. The Hall–Kier alpha value is -1.10. The van der Waals surface area contributed by atoms with E-state index in [9.17, 15) is 9.59 Å². The zero-order chi connectivity index (χ0) is 15.5. The lowest BCUT2D eigenvalue weighted by Crippen LogP contribution is -2.66. The Balaban J connectivity index is 2.66. The van der Waals surface area contributed by atoms with Crippen molar-refractivity contribution in [1.29, 1.82) is 0 Å². The fourth-order valence-corrected chi connectivity index (χ4v) is 2.20. The summed E-state index contributed by atoms with van der Waals surface area (Å²) in [6.07, 6.45) is 0. The first-order valence-electron chi connectivity index (χ1n) is 7.33. The van der Waals surface area contributed by atoms with Crippen molar-refractivity contribution in [2.75, 3.05) is 19.8 Å². The summed E-state index contributed by atoms with van der Waals surface area (Å²) >= 11 is 0. The summed E-state index contributed by atoms with van der Waals surface area (Å²) in [5, 5.41) is 2.82. The van der Waals surface area contributed by atoms with Gasteiger partial charge >= 0.3 is 0 Å². The highest BCUT2D eigenvalue weighted by atomic mass is 16.5. The van der Waals surface area contributed by atoms with E-state index in [1.54, 1.807) is 11.8 Å². The second kappa shape index (κ2) is 6.57. The summed E-state index contributed by atoms with van der Waals surface area (Å²) in [6, 6.07) is -0.889. The van der Waals surface area contributed by atoms with Gasteiger partial charge in [0.05, 0.1) is 6.61 Å². The monoisotopic (exact) mass is 284 g/mol. The Kier molecular flexibility index (Phi) is 5.57. The lowest BCUT2D eigenvalue weighted by atomic mass is 9.84. The minimum atomic E-state index is -0.462. The molecule has 0 saturated carbocycles. The van der Waals surface area contributed by atoms with Crippen molar-refractivity contribution in [2.45, 2.75) is 53.6 Å². The second-order valence-corrected chi connectivity index (χ2v) is 6.98. The van der Waals surface area contributed by atoms with Gasteiger partial charge in [0, 0.05) is 13.2 Å². The maximum Gasteiger partial charge on any atom is 0.246 e. The summed E-state index contributed by atoms with van der Waals surface area (Å²) in [5.41, 5.74) is -0.288. The topological polar surface area (TPSA) is 58.6 Å². The average molecular weight is 284 g/mol. The minimum absolute atomic E-state index is 0.0160. The lowest BCUT2D eigenvalue weighted by Gasteiger charge is -2.42. The summed E-state index contributed by atoms with van der Waals surface area (Å²) in [7, 11) is 0. The van der Waals surface area contributed by atoms with Crippen LogP contribution in [0.2, 0.25) is 0 Å². The molecule has 1 aliphatic rings. The number of nitrogens with one attached hydrogen (secondary N) is 1. The SMILES string of the molecule is CC(C)COCCN1C(=O)C(C(C)(C)C)NC(=O)C1C. The zero-order valence-electron chi connectivity index (χ0n) is 13.5. The Bertz CT molecular complexity index is 361. The summed E-state index contributed by atoms with van der Waals surface area (Å²) in [4.78, 5) is 26.1. The highest BCUT2D eigenvalue weighted by Gasteiger charge is 2.43. The Morgan fingerprint density at radius 3 is 2.40 bits per heavy atom. The van der Waals surface area contributed by atoms with Crippen molar-refractivity contribution in [3.05, 3.63) is 0 Å². The van der Waals surface area contributed by atoms with E-state index >= 15 is 0 Å². The van der Waals surface area contributed by atoms with Crippen molar-refractivity contribution in [3.63, 3.8) is 0 Å². The molecule has 0 radical (unpaired) electrons. The molecule has 0 aromatic heterocycles. The standard InChI is InChI=1S/C15H28N2O3/c1-10(2)9-20-8-7-17-11(3)13(18)16-12(14(17)19)15(4,5)6/h10-12H,7-9H2,1-6H3,(H,16,18). The number of nitrogens with zero attached hydrogens (tertiary/aromatic N) is 1. The molecule has 1 heterocycles. The second-order valence-electron chi connectivity index (χ2n) is 6.98. The fourth-order valence-electron chi connectivity index (χ4n) is 2.20. The molecule has 0 aromatic carbocycles. The molecule has 1 saturated heterocycles. The number of rotatable bonds is 5. The number of amides is 2. The van der Waals surface area contributed by atoms with Gasteiger partial charge in [-0.3, -0.25) is 9.59 Å². The van der Waals surface area contributed by atoms with Gasteiger partial charge in [-0.25, -0.2) is 0 Å². The molecule has 20 heavy (non-hydrogen) atoms. The molecule has 0 spiro atoms. The molecule has 0 aliphatic carbocycles. The molecular weight excluding hydrogens is 256 g/mol. The molecular formula is C15H28N2O3. The molecule has 2 unspecified atom stereocenters. The van der Waals surface area contributed by atoms with E-state index in [2.05, 4.69) is 19.2 Å². The van der Waals surface area contributed by atoms with Gasteiger partial charge in [-0.05, 0) is 18.3 Å². The Labute approximate surface area is 122 Å². The first-order chi connectivity index (χ1) is 9.14. The largest absolute Gasteiger partial charge is 0.379 e. The van der Waals surface area contributed by atoms with Crippen LogP contribution in [0.15, 0.2) is 0 Å². The van der Waals surface area contributed by atoms with Gasteiger partial charge in [0.2, 0.25) is 11.8 Å². The van der Waals surface area contributed by atoms with E-state index in [4.69, 9.17) is 4.74 Å². The van der Waals surface area contributed by atoms with Crippen molar-refractivity contribution < 1.29 is 14.3 Å². The highest BCUT2D eigenvalue weighted by molar-refractivity contribution is 5.97. The van der Waals surface area contributed by atoms with Gasteiger partial charge in [0.1, 0.15) is 12.1 Å². The summed E-state index contributed by atoms with van der Waals surface area (Å²) < 4.78 is 5.52. The van der Waals surface area contributed by atoms with E-state index in [1.165, 1.54) is 0 Å². The van der Waals surface area contributed by atoms with Crippen LogP contribution >= 0.6 is 0 Å². The van der Waals surface area contributed by atoms with Crippen LogP contribution < -0.4 is 5.32 Å². The molecule has 116 valence electrons. The number of carbonyl (C=O) groups excluding carboxylic acids is 2. The molecule has 0 aromatic rings. The lowest BCUT2D eigenvalue weighted by molar-refractivity contribution is -0.152. The van der Waals surface area contributed by atoms with Gasteiger partial charge in [-0.15, -0.1) is 0 Å². The quantitative estimate of drug-likeness (QED) is 0.777. The first-order valence-corrected chi connectivity index (χ1v) is 7.33. The smallest absolute Gasteiger partial charge is 0.246 e. The van der Waals surface area contributed by atoms with E-state index in [-0.39, 0.29) is 17.2 Å². The molecule has 5 heteroatoms. The maximum atomic E-state index is 12.5. The third-order valence-corrected chi connectivity index (χ3v) is 3.46. The van der Waals surface area contributed by atoms with Crippen molar-refractivity contribution >= 4 is 11.8 Å². The molecule has 1 N–H and O–H groups in total. The molecule has 2 amide bonds. The molecule has 5 nitrogen and oxygen atoms in total. The van der Waals surface area contributed by atoms with Gasteiger partial charge in [-0.1, -0.05) is 34.6 Å². The predicted octanol–water partition coefficient (Wildman–Crippen LogP) is 1.42. The van der Waals surface area contributed by atoms with E-state index in [1.807, 2.05) is 20.8 Å². The highest BCUT2D eigenvalue weighted by Crippen LogP contribution is 2.24. The fraction of sp³-hybridized carbons (Fsp3) is 0.867. The normalized spacial score (nSPS) is 24.2. The van der Waals surface area contributed by atoms with Crippen LogP contribution in [0.1, 0.15) is 41.5 Å². The average Bonchev–Trinajstić information content (AvgIpc) is 2.31. The zero-order valence-corrected chi connectivity index (χ0v) is 13.5.